The van der Waals surface area contributed by atoms with Gasteiger partial charge in [0.25, 0.3) is 0 Å². The number of carbonyl (C=O) groups excluding carboxylic acids is 1. The number of halogens is 2. The van der Waals surface area contributed by atoms with Crippen molar-refractivity contribution in [2.75, 3.05) is 15.8 Å². The summed E-state index contributed by atoms with van der Waals surface area (Å²) in [4.78, 5) is 22.1. The summed E-state index contributed by atoms with van der Waals surface area (Å²) in [5, 5.41) is 11.3. The second-order valence-corrected chi connectivity index (χ2v) is 9.21. The monoisotopic (exact) mass is 474 g/mol. The number of benzene rings is 2. The van der Waals surface area contributed by atoms with Crippen LogP contribution in [0.3, 0.4) is 0 Å². The molecule has 2 rings (SSSR count). The molecule has 0 aliphatic carbocycles. The third-order valence-corrected chi connectivity index (χ3v) is 5.64. The Morgan fingerprint density at radius 1 is 1.07 bits per heavy atom. The SMILES string of the molecule is CCS(=O)(=O)Nc1cc(C)cc(COc2c(Cl)cc(NC(=O)CC(=O)O)cc2Cl)c1. The molecule has 2 aromatic carbocycles. The van der Waals surface area contributed by atoms with Gasteiger partial charge in [-0.15, -0.1) is 0 Å². The van der Waals surface area contributed by atoms with Gasteiger partial charge < -0.3 is 15.2 Å². The van der Waals surface area contributed by atoms with E-state index in [9.17, 15) is 18.0 Å². The van der Waals surface area contributed by atoms with Gasteiger partial charge in [-0.25, -0.2) is 8.42 Å². The zero-order chi connectivity index (χ0) is 22.5. The van der Waals surface area contributed by atoms with Gasteiger partial charge in [0.05, 0.1) is 15.8 Å². The van der Waals surface area contributed by atoms with Crippen LogP contribution in [0.15, 0.2) is 30.3 Å². The quantitative estimate of drug-likeness (QED) is 0.471. The van der Waals surface area contributed by atoms with Gasteiger partial charge in [-0.2, -0.15) is 0 Å². The number of carboxylic acid groups (broad SMARTS) is 1. The molecule has 0 radical (unpaired) electrons. The van der Waals surface area contributed by atoms with Gasteiger partial charge in [0, 0.05) is 11.4 Å². The van der Waals surface area contributed by atoms with E-state index < -0.39 is 28.3 Å². The van der Waals surface area contributed by atoms with Crippen molar-refractivity contribution >= 4 is 56.5 Å². The van der Waals surface area contributed by atoms with Crippen LogP contribution in [0.5, 0.6) is 5.75 Å². The van der Waals surface area contributed by atoms with Crippen LogP contribution in [0.4, 0.5) is 11.4 Å². The van der Waals surface area contributed by atoms with E-state index in [0.717, 1.165) is 5.56 Å². The molecule has 0 fully saturated rings. The normalized spacial score (nSPS) is 11.1. The summed E-state index contributed by atoms with van der Waals surface area (Å²) in [6, 6.07) is 7.94. The van der Waals surface area contributed by atoms with Crippen LogP contribution in [-0.2, 0) is 26.2 Å². The van der Waals surface area contributed by atoms with Crippen molar-refractivity contribution in [3.8, 4) is 5.75 Å². The molecule has 0 aliphatic rings. The highest BCUT2D eigenvalue weighted by Gasteiger charge is 2.14. The Balaban J connectivity index is 2.15. The van der Waals surface area contributed by atoms with E-state index in [4.69, 9.17) is 33.0 Å². The van der Waals surface area contributed by atoms with Crippen LogP contribution in [0, 0.1) is 6.92 Å². The van der Waals surface area contributed by atoms with Crippen molar-refractivity contribution in [3.05, 3.63) is 51.5 Å². The number of aliphatic carboxylic acids is 1. The lowest BCUT2D eigenvalue weighted by Crippen LogP contribution is -2.16. The van der Waals surface area contributed by atoms with Crippen molar-refractivity contribution < 1.29 is 27.9 Å². The number of aryl methyl sites for hydroxylation is 1. The molecular formula is C19H20Cl2N2O6S. The summed E-state index contributed by atoms with van der Waals surface area (Å²) < 4.78 is 31.8. The number of ether oxygens (including phenoxy) is 1. The first-order valence-corrected chi connectivity index (χ1v) is 11.1. The predicted molar refractivity (Wildman–Crippen MR) is 116 cm³/mol. The molecule has 3 N–H and O–H groups in total. The topological polar surface area (TPSA) is 122 Å². The Kier molecular flexibility index (Phi) is 7.94. The number of hydrogen-bond acceptors (Lipinski definition) is 5. The van der Waals surface area contributed by atoms with Crippen LogP contribution in [0.1, 0.15) is 24.5 Å². The van der Waals surface area contributed by atoms with Gasteiger partial charge in [0.2, 0.25) is 15.9 Å². The second kappa shape index (κ2) is 10.0. The van der Waals surface area contributed by atoms with E-state index >= 15 is 0 Å². The lowest BCUT2D eigenvalue weighted by Gasteiger charge is -2.14. The molecule has 162 valence electrons. The van der Waals surface area contributed by atoms with Crippen molar-refractivity contribution in [1.29, 1.82) is 0 Å². The number of carbonyl (C=O) groups is 2. The molecule has 0 unspecified atom stereocenters. The predicted octanol–water partition coefficient (Wildman–Crippen LogP) is 4.06. The van der Waals surface area contributed by atoms with Crippen molar-refractivity contribution in [2.45, 2.75) is 26.9 Å². The minimum absolute atomic E-state index is 0.0483. The van der Waals surface area contributed by atoms with E-state index in [1.165, 1.54) is 12.1 Å². The Hall–Kier alpha value is -2.49. The lowest BCUT2D eigenvalue weighted by molar-refractivity contribution is -0.139. The first kappa shape index (κ1) is 23.8. The van der Waals surface area contributed by atoms with Gasteiger partial charge in [0.15, 0.2) is 5.75 Å². The number of amides is 1. The summed E-state index contributed by atoms with van der Waals surface area (Å²) >= 11 is 12.4. The first-order valence-electron chi connectivity index (χ1n) is 8.73. The van der Waals surface area contributed by atoms with E-state index in [2.05, 4.69) is 10.0 Å². The maximum atomic E-state index is 11.8. The fraction of sp³-hybridized carbons (Fsp3) is 0.263. The zero-order valence-electron chi connectivity index (χ0n) is 16.2. The highest BCUT2D eigenvalue weighted by Crippen LogP contribution is 2.36. The third-order valence-electron chi connectivity index (χ3n) is 3.77. The van der Waals surface area contributed by atoms with Crippen LogP contribution >= 0.6 is 23.2 Å². The first-order chi connectivity index (χ1) is 14.0. The largest absolute Gasteiger partial charge is 0.486 e. The van der Waals surface area contributed by atoms with Gasteiger partial charge in [-0.3, -0.25) is 14.3 Å². The highest BCUT2D eigenvalue weighted by molar-refractivity contribution is 7.92. The number of hydrogen-bond donors (Lipinski definition) is 3. The van der Waals surface area contributed by atoms with Crippen LogP contribution < -0.4 is 14.8 Å². The Morgan fingerprint density at radius 3 is 2.27 bits per heavy atom. The molecule has 0 aromatic heterocycles. The maximum absolute atomic E-state index is 11.8. The molecule has 8 nitrogen and oxygen atoms in total. The fourth-order valence-electron chi connectivity index (χ4n) is 2.52. The third kappa shape index (κ3) is 7.08. The maximum Gasteiger partial charge on any atom is 0.312 e. The molecule has 0 bridgehead atoms. The number of sulfonamides is 1. The van der Waals surface area contributed by atoms with Gasteiger partial charge in [0.1, 0.15) is 13.0 Å². The van der Waals surface area contributed by atoms with E-state index in [-0.39, 0.29) is 33.8 Å². The Morgan fingerprint density at radius 2 is 1.70 bits per heavy atom. The number of rotatable bonds is 9. The molecule has 0 heterocycles. The minimum Gasteiger partial charge on any atom is -0.486 e. The summed E-state index contributed by atoms with van der Waals surface area (Å²) in [6.07, 6.45) is -0.690. The van der Waals surface area contributed by atoms with Crippen LogP contribution in [0.2, 0.25) is 10.0 Å². The van der Waals surface area contributed by atoms with Gasteiger partial charge >= 0.3 is 5.97 Å². The van der Waals surface area contributed by atoms with E-state index in [1.807, 2.05) is 13.0 Å². The molecular weight excluding hydrogens is 455 g/mol. The molecule has 11 heteroatoms. The molecule has 0 atom stereocenters. The standard InChI is InChI=1S/C19H20Cl2N2O6S/c1-3-30(27,28)23-14-5-11(2)4-12(6-14)10-29-19-15(20)7-13(8-16(19)21)22-17(24)9-18(25)26/h4-8,23H,3,9-10H2,1-2H3,(H,22,24)(H,25,26). The van der Waals surface area contributed by atoms with Crippen molar-refractivity contribution in [2.24, 2.45) is 0 Å². The fourth-order valence-corrected chi connectivity index (χ4v) is 3.74. The summed E-state index contributed by atoms with van der Waals surface area (Å²) in [5.74, 6) is -1.85. The molecule has 30 heavy (non-hydrogen) atoms. The summed E-state index contributed by atoms with van der Waals surface area (Å²) in [6.45, 7) is 3.43. The van der Waals surface area contributed by atoms with Crippen LogP contribution in [0.25, 0.3) is 0 Å². The highest BCUT2D eigenvalue weighted by atomic mass is 35.5. The van der Waals surface area contributed by atoms with Gasteiger partial charge in [-0.05, 0) is 49.2 Å². The molecule has 0 spiro atoms. The number of anilines is 2. The molecule has 2 aromatic rings. The van der Waals surface area contributed by atoms with Crippen molar-refractivity contribution in [3.63, 3.8) is 0 Å². The van der Waals surface area contributed by atoms with E-state index in [0.29, 0.717) is 11.3 Å². The smallest absolute Gasteiger partial charge is 0.312 e. The Bertz CT molecular complexity index is 1050. The number of carboxylic acids is 1. The number of nitrogens with one attached hydrogen (secondary N) is 2. The van der Waals surface area contributed by atoms with Gasteiger partial charge in [-0.1, -0.05) is 29.3 Å². The molecule has 0 saturated carbocycles. The average molecular weight is 475 g/mol. The minimum atomic E-state index is -3.41. The molecule has 1 amide bonds. The zero-order valence-corrected chi connectivity index (χ0v) is 18.5. The second-order valence-electron chi connectivity index (χ2n) is 6.39. The van der Waals surface area contributed by atoms with Crippen molar-refractivity contribution in [1.82, 2.24) is 0 Å². The Labute approximate surface area is 184 Å². The van der Waals surface area contributed by atoms with Crippen LogP contribution in [-0.4, -0.2) is 31.2 Å². The summed E-state index contributed by atoms with van der Waals surface area (Å²) in [7, 11) is -3.41. The molecule has 0 saturated heterocycles. The average Bonchev–Trinajstić information content (AvgIpc) is 2.59. The van der Waals surface area contributed by atoms with E-state index in [1.54, 1.807) is 19.1 Å². The summed E-state index contributed by atoms with van der Waals surface area (Å²) in [5.41, 5.74) is 2.17. The lowest BCUT2D eigenvalue weighted by atomic mass is 10.1. The molecule has 0 aliphatic heterocycles.